The first kappa shape index (κ1) is 8.84. The van der Waals surface area contributed by atoms with Crippen molar-refractivity contribution in [2.45, 2.75) is 26.7 Å². The number of H-pyrrole nitrogens is 1. The lowest BCUT2D eigenvalue weighted by Gasteiger charge is -1.98. The minimum absolute atomic E-state index is 0.304. The number of hydrogen-bond donors (Lipinski definition) is 2. The van der Waals surface area contributed by atoms with Gasteiger partial charge in [0.15, 0.2) is 0 Å². The van der Waals surface area contributed by atoms with Crippen molar-refractivity contribution < 1.29 is 9.90 Å². The van der Waals surface area contributed by atoms with Crippen molar-refractivity contribution in [2.24, 2.45) is 0 Å². The van der Waals surface area contributed by atoms with E-state index < -0.39 is 5.97 Å². The highest BCUT2D eigenvalue weighted by molar-refractivity contribution is 5.87. The molecule has 3 nitrogen and oxygen atoms in total. The summed E-state index contributed by atoms with van der Waals surface area (Å²) in [6.45, 7) is 5.85. The molecule has 12 heavy (non-hydrogen) atoms. The van der Waals surface area contributed by atoms with Gasteiger partial charge in [-0.15, -0.1) is 0 Å². The number of aryl methyl sites for hydroxylation is 1. The second kappa shape index (κ2) is 3.01. The van der Waals surface area contributed by atoms with Crippen LogP contribution >= 0.6 is 0 Å². The summed E-state index contributed by atoms with van der Waals surface area (Å²) in [6.07, 6.45) is 0. The van der Waals surface area contributed by atoms with Gasteiger partial charge in [-0.05, 0) is 24.5 Å². The Hall–Kier alpha value is -1.25. The van der Waals surface area contributed by atoms with E-state index in [2.05, 4.69) is 4.98 Å². The molecule has 1 heterocycles. The van der Waals surface area contributed by atoms with Crippen LogP contribution in [0.2, 0.25) is 0 Å². The van der Waals surface area contributed by atoms with Gasteiger partial charge in [0.1, 0.15) is 5.69 Å². The molecule has 2 N–H and O–H groups in total. The average Bonchev–Trinajstić information content (AvgIpc) is 2.30. The molecule has 0 unspecified atom stereocenters. The Kier molecular flexibility index (Phi) is 2.22. The SMILES string of the molecule is Cc1cc(C(C)C)[nH]c1C(=O)O. The van der Waals surface area contributed by atoms with Gasteiger partial charge in [-0.3, -0.25) is 0 Å². The highest BCUT2D eigenvalue weighted by Gasteiger charge is 2.12. The maximum absolute atomic E-state index is 10.6. The van der Waals surface area contributed by atoms with Crippen LogP contribution in [0.4, 0.5) is 0 Å². The van der Waals surface area contributed by atoms with Gasteiger partial charge in [0.25, 0.3) is 0 Å². The number of rotatable bonds is 2. The quantitative estimate of drug-likeness (QED) is 0.709. The van der Waals surface area contributed by atoms with Crippen LogP contribution in [0.25, 0.3) is 0 Å². The van der Waals surface area contributed by atoms with Crippen LogP contribution in [-0.2, 0) is 0 Å². The lowest BCUT2D eigenvalue weighted by molar-refractivity contribution is 0.0690. The van der Waals surface area contributed by atoms with E-state index in [1.54, 1.807) is 6.92 Å². The maximum atomic E-state index is 10.6. The third kappa shape index (κ3) is 1.49. The van der Waals surface area contributed by atoms with Crippen LogP contribution in [0, 0.1) is 6.92 Å². The maximum Gasteiger partial charge on any atom is 0.352 e. The first-order valence-corrected chi connectivity index (χ1v) is 3.95. The topological polar surface area (TPSA) is 53.1 Å². The van der Waals surface area contributed by atoms with Crippen LogP contribution in [0.1, 0.15) is 41.5 Å². The first-order chi connectivity index (χ1) is 5.52. The van der Waals surface area contributed by atoms with E-state index in [1.807, 2.05) is 19.9 Å². The molecule has 0 spiro atoms. The number of hydrogen-bond acceptors (Lipinski definition) is 1. The summed E-state index contributed by atoms with van der Waals surface area (Å²) in [6, 6.07) is 1.88. The van der Waals surface area contributed by atoms with E-state index in [9.17, 15) is 4.79 Å². The molecule has 0 aliphatic rings. The third-order valence-electron chi connectivity index (χ3n) is 1.87. The fourth-order valence-electron chi connectivity index (χ4n) is 1.12. The number of carboxylic acid groups (broad SMARTS) is 1. The normalized spacial score (nSPS) is 10.7. The molecule has 3 heteroatoms. The Balaban J connectivity index is 3.09. The number of aromatic nitrogens is 1. The fourth-order valence-corrected chi connectivity index (χ4v) is 1.12. The smallest absolute Gasteiger partial charge is 0.352 e. The Labute approximate surface area is 71.4 Å². The highest BCUT2D eigenvalue weighted by atomic mass is 16.4. The molecule has 0 saturated carbocycles. The van der Waals surface area contributed by atoms with Gasteiger partial charge in [0.05, 0.1) is 0 Å². The van der Waals surface area contributed by atoms with Crippen LogP contribution < -0.4 is 0 Å². The van der Waals surface area contributed by atoms with E-state index >= 15 is 0 Å². The van der Waals surface area contributed by atoms with Crippen LogP contribution in [0.15, 0.2) is 6.07 Å². The number of carbonyl (C=O) groups is 1. The van der Waals surface area contributed by atoms with Gasteiger partial charge in [-0.25, -0.2) is 4.79 Å². The Morgan fingerprint density at radius 2 is 2.17 bits per heavy atom. The highest BCUT2D eigenvalue weighted by Crippen LogP contribution is 2.17. The molecule has 1 rings (SSSR count). The lowest BCUT2D eigenvalue weighted by atomic mass is 10.1. The largest absolute Gasteiger partial charge is 0.477 e. The lowest BCUT2D eigenvalue weighted by Crippen LogP contribution is -1.99. The molecule has 0 radical (unpaired) electrons. The predicted octanol–water partition coefficient (Wildman–Crippen LogP) is 2.14. The molecule has 0 amide bonds. The van der Waals surface area contributed by atoms with E-state index in [1.165, 1.54) is 0 Å². The van der Waals surface area contributed by atoms with Gasteiger partial charge in [-0.2, -0.15) is 0 Å². The summed E-state index contributed by atoms with van der Waals surface area (Å²) < 4.78 is 0. The zero-order chi connectivity index (χ0) is 9.30. The monoisotopic (exact) mass is 167 g/mol. The Morgan fingerprint density at radius 3 is 2.42 bits per heavy atom. The van der Waals surface area contributed by atoms with E-state index in [-0.39, 0.29) is 0 Å². The first-order valence-electron chi connectivity index (χ1n) is 3.95. The molecule has 1 aromatic heterocycles. The van der Waals surface area contributed by atoms with Gasteiger partial charge in [0.2, 0.25) is 0 Å². The Morgan fingerprint density at radius 1 is 1.58 bits per heavy atom. The molecule has 66 valence electrons. The molecule has 0 saturated heterocycles. The molecular weight excluding hydrogens is 154 g/mol. The second-order valence-corrected chi connectivity index (χ2v) is 3.24. The molecule has 1 aromatic rings. The second-order valence-electron chi connectivity index (χ2n) is 3.24. The van der Waals surface area contributed by atoms with Crippen molar-refractivity contribution in [3.8, 4) is 0 Å². The van der Waals surface area contributed by atoms with Crippen molar-refractivity contribution in [1.29, 1.82) is 0 Å². The van der Waals surface area contributed by atoms with Crippen molar-refractivity contribution in [2.75, 3.05) is 0 Å². The number of aromatic carboxylic acids is 1. The van der Waals surface area contributed by atoms with Crippen LogP contribution in [0.3, 0.4) is 0 Å². The molecule has 0 fully saturated rings. The minimum Gasteiger partial charge on any atom is -0.477 e. The van der Waals surface area contributed by atoms with E-state index in [0.29, 0.717) is 11.6 Å². The van der Waals surface area contributed by atoms with Crippen molar-refractivity contribution in [1.82, 2.24) is 4.98 Å². The van der Waals surface area contributed by atoms with E-state index in [4.69, 9.17) is 5.11 Å². The van der Waals surface area contributed by atoms with Crippen LogP contribution in [0.5, 0.6) is 0 Å². The summed E-state index contributed by atoms with van der Waals surface area (Å²) >= 11 is 0. The molecule has 0 atom stereocenters. The Bertz CT molecular complexity index is 299. The standard InChI is InChI=1S/C9H13NO2/c1-5(2)7-4-6(3)8(10-7)9(11)12/h4-5,10H,1-3H3,(H,11,12). The van der Waals surface area contributed by atoms with Gasteiger partial charge >= 0.3 is 5.97 Å². The number of aromatic amines is 1. The average molecular weight is 167 g/mol. The van der Waals surface area contributed by atoms with Gasteiger partial charge in [-0.1, -0.05) is 13.8 Å². The van der Waals surface area contributed by atoms with Crippen LogP contribution in [-0.4, -0.2) is 16.1 Å². The van der Waals surface area contributed by atoms with Gasteiger partial charge in [0, 0.05) is 5.69 Å². The molecule has 0 aliphatic heterocycles. The summed E-state index contributed by atoms with van der Waals surface area (Å²) in [7, 11) is 0. The summed E-state index contributed by atoms with van der Waals surface area (Å²) in [5.74, 6) is -0.545. The van der Waals surface area contributed by atoms with E-state index in [0.717, 1.165) is 11.3 Å². The molecule has 0 bridgehead atoms. The van der Waals surface area contributed by atoms with Crippen molar-refractivity contribution in [3.05, 3.63) is 23.0 Å². The summed E-state index contributed by atoms with van der Waals surface area (Å²) in [5, 5.41) is 8.73. The zero-order valence-corrected chi connectivity index (χ0v) is 7.51. The van der Waals surface area contributed by atoms with Crippen molar-refractivity contribution >= 4 is 5.97 Å². The molecule has 0 aliphatic carbocycles. The zero-order valence-electron chi connectivity index (χ0n) is 7.51. The molecular formula is C9H13NO2. The third-order valence-corrected chi connectivity index (χ3v) is 1.87. The fraction of sp³-hybridized carbons (Fsp3) is 0.444. The summed E-state index contributed by atoms with van der Waals surface area (Å²) in [5.41, 5.74) is 2.08. The number of nitrogens with one attached hydrogen (secondary N) is 1. The van der Waals surface area contributed by atoms with Crippen molar-refractivity contribution in [3.63, 3.8) is 0 Å². The molecule has 0 aromatic carbocycles. The number of carboxylic acids is 1. The van der Waals surface area contributed by atoms with Gasteiger partial charge < -0.3 is 10.1 Å². The predicted molar refractivity (Wildman–Crippen MR) is 46.6 cm³/mol. The minimum atomic E-state index is -0.889. The summed E-state index contributed by atoms with van der Waals surface area (Å²) in [4.78, 5) is 13.5.